The SMILES string of the molecule is C=C(NCC(=O)N1CC(F)(F)CC1C#N)c1ccnc2c(OS(=O)(=O)F)cc(N(C)CCCN3CCN(C(=O)[C@H](Cc4ccc(S(=O)(=O)O)cc4)NC(=O)OC(C)(C)C)CC3)cc12. The molecule has 2 saturated heterocycles. The first kappa shape index (κ1) is 48.3. The monoisotopic (exact) mass is 922 g/mol. The van der Waals surface area contributed by atoms with E-state index in [-0.39, 0.29) is 33.8 Å². The van der Waals surface area contributed by atoms with Crippen molar-refractivity contribution < 1.29 is 57.4 Å². The van der Waals surface area contributed by atoms with Crippen LogP contribution in [0.5, 0.6) is 5.75 Å². The van der Waals surface area contributed by atoms with E-state index < -0.39 is 81.5 Å². The summed E-state index contributed by atoms with van der Waals surface area (Å²) in [6.45, 7) is 10.2. The van der Waals surface area contributed by atoms with Crippen molar-refractivity contribution in [1.82, 2.24) is 30.3 Å². The number of aromatic nitrogens is 1. The third kappa shape index (κ3) is 13.4. The van der Waals surface area contributed by atoms with Gasteiger partial charge in [0.05, 0.1) is 24.1 Å². The number of nitriles is 1. The molecule has 0 saturated carbocycles. The second-order valence-corrected chi connectivity index (χ2v) is 18.6. The molecule has 5 rings (SSSR count). The molecule has 2 aliphatic rings. The average molecular weight is 923 g/mol. The first-order valence-electron chi connectivity index (χ1n) is 19.7. The third-order valence-electron chi connectivity index (χ3n) is 10.2. The number of nitrogens with one attached hydrogen (secondary N) is 2. The van der Waals surface area contributed by atoms with Crippen molar-refractivity contribution in [3.63, 3.8) is 0 Å². The van der Waals surface area contributed by atoms with Gasteiger partial charge in [0.2, 0.25) is 11.8 Å². The third-order valence-corrected chi connectivity index (χ3v) is 11.5. The molecule has 2 aliphatic heterocycles. The van der Waals surface area contributed by atoms with Crippen LogP contribution in [-0.4, -0.2) is 142 Å². The number of alkyl carbamates (subject to hydrolysis) is 1. The van der Waals surface area contributed by atoms with Crippen LogP contribution in [0.3, 0.4) is 0 Å². The quantitative estimate of drug-likeness (QED) is 0.138. The highest BCUT2D eigenvalue weighted by atomic mass is 32.3. The molecule has 2 aromatic carbocycles. The molecule has 0 bridgehead atoms. The zero-order valence-electron chi connectivity index (χ0n) is 35.0. The van der Waals surface area contributed by atoms with Gasteiger partial charge in [-0.2, -0.15) is 22.1 Å². The molecule has 23 heteroatoms. The van der Waals surface area contributed by atoms with Crippen LogP contribution in [0.25, 0.3) is 16.6 Å². The number of ether oxygens (including phenoxy) is 1. The number of fused-ring (bicyclic) bond motifs is 1. The summed E-state index contributed by atoms with van der Waals surface area (Å²) in [6.07, 6.45) is 0.307. The van der Waals surface area contributed by atoms with E-state index in [2.05, 4.69) is 27.1 Å². The summed E-state index contributed by atoms with van der Waals surface area (Å²) in [4.78, 5) is 49.6. The van der Waals surface area contributed by atoms with Crippen molar-refractivity contribution in [3.05, 3.63) is 66.4 Å². The fraction of sp³-hybridized carbons (Fsp3) is 0.475. The lowest BCUT2D eigenvalue weighted by atomic mass is 10.0. The molecule has 2 fully saturated rings. The minimum Gasteiger partial charge on any atom is -0.444 e. The second-order valence-electron chi connectivity index (χ2n) is 16.2. The van der Waals surface area contributed by atoms with Crippen molar-refractivity contribution in [2.24, 2.45) is 0 Å². The Bertz CT molecular complexity index is 2470. The summed E-state index contributed by atoms with van der Waals surface area (Å²) in [5.41, 5.74) is 0.496. The predicted octanol–water partition coefficient (Wildman–Crippen LogP) is 3.50. The fourth-order valence-electron chi connectivity index (χ4n) is 7.19. The van der Waals surface area contributed by atoms with Crippen molar-refractivity contribution >= 4 is 60.8 Å². The number of carbonyl (C=O) groups is 3. The molecule has 63 heavy (non-hydrogen) atoms. The lowest BCUT2D eigenvalue weighted by Crippen LogP contribution is -2.56. The van der Waals surface area contributed by atoms with Gasteiger partial charge in [-0.15, -0.1) is 0 Å². The van der Waals surface area contributed by atoms with Gasteiger partial charge < -0.3 is 34.3 Å². The van der Waals surface area contributed by atoms with Crippen LogP contribution in [-0.2, 0) is 41.4 Å². The van der Waals surface area contributed by atoms with E-state index in [4.69, 9.17) is 8.92 Å². The number of nitrogens with zero attached hydrogens (tertiary/aromatic N) is 6. The van der Waals surface area contributed by atoms with Crippen LogP contribution in [0.1, 0.15) is 44.7 Å². The van der Waals surface area contributed by atoms with Crippen LogP contribution in [0.15, 0.2) is 60.1 Å². The second kappa shape index (κ2) is 19.4. The Morgan fingerprint density at radius 1 is 1.10 bits per heavy atom. The van der Waals surface area contributed by atoms with Crippen molar-refractivity contribution in [1.29, 1.82) is 5.26 Å². The van der Waals surface area contributed by atoms with Crippen molar-refractivity contribution in [2.75, 3.05) is 64.3 Å². The molecule has 1 aromatic heterocycles. The first-order valence-corrected chi connectivity index (χ1v) is 22.4. The van der Waals surface area contributed by atoms with E-state index in [1.807, 2.05) is 0 Å². The van der Waals surface area contributed by atoms with Gasteiger partial charge in [-0.3, -0.25) is 24.0 Å². The number of pyridine rings is 1. The van der Waals surface area contributed by atoms with Crippen LogP contribution >= 0.6 is 0 Å². The minimum absolute atomic E-state index is 0.0171. The highest BCUT2D eigenvalue weighted by Gasteiger charge is 2.47. The number of benzene rings is 2. The van der Waals surface area contributed by atoms with E-state index in [1.54, 1.807) is 49.8 Å². The number of amides is 3. The molecular formula is C40H49F3N8O10S2. The maximum Gasteiger partial charge on any atom is 0.488 e. The Balaban J connectivity index is 1.22. The van der Waals surface area contributed by atoms with Crippen molar-refractivity contribution in [2.45, 2.75) is 68.5 Å². The summed E-state index contributed by atoms with van der Waals surface area (Å²) >= 11 is 0. The molecule has 342 valence electrons. The van der Waals surface area contributed by atoms with Gasteiger partial charge in [-0.05, 0) is 63.6 Å². The maximum absolute atomic E-state index is 14.0. The molecular weight excluding hydrogens is 874 g/mol. The van der Waals surface area contributed by atoms with E-state index in [9.17, 15) is 53.7 Å². The van der Waals surface area contributed by atoms with Crippen LogP contribution < -0.4 is 19.7 Å². The normalized spacial score (nSPS) is 17.4. The van der Waals surface area contributed by atoms with E-state index >= 15 is 0 Å². The minimum atomic E-state index is -5.50. The van der Waals surface area contributed by atoms with Gasteiger partial charge in [0, 0.05) is 87.2 Å². The summed E-state index contributed by atoms with van der Waals surface area (Å²) < 4.78 is 108. The first-order chi connectivity index (χ1) is 29.3. The maximum atomic E-state index is 14.0. The standard InChI is InChI=1S/C40H49F3N8O10S2/c1-26(46-24-35(52)51-25-40(41,42)22-29(51)23-44)31-11-12-45-36-32(31)20-28(21-34(36)61-63(43,58)59)48(5)13-6-14-49-15-17-50(18-16-49)37(53)33(47-38(54)60-39(2,3)4)19-27-7-9-30(10-8-27)62(55,56)57/h7-12,20-21,29,33,46H,1,6,13-19,22,24-25H2,2-5H3,(H,47,54)(H,55,56,57)/t29?,33-/m0/s1. The van der Waals surface area contributed by atoms with E-state index in [0.29, 0.717) is 62.5 Å². The molecule has 3 amide bonds. The number of alkyl halides is 2. The Morgan fingerprint density at radius 2 is 1.76 bits per heavy atom. The number of piperazine rings is 1. The molecule has 2 atom stereocenters. The summed E-state index contributed by atoms with van der Waals surface area (Å²) in [6, 6.07) is 9.11. The van der Waals surface area contributed by atoms with E-state index in [0.717, 1.165) is 4.90 Å². The highest BCUT2D eigenvalue weighted by molar-refractivity contribution is 7.85. The highest BCUT2D eigenvalue weighted by Crippen LogP contribution is 2.35. The van der Waals surface area contributed by atoms with E-state index in [1.165, 1.54) is 42.6 Å². The molecule has 3 N–H and O–H groups in total. The lowest BCUT2D eigenvalue weighted by Gasteiger charge is -2.37. The van der Waals surface area contributed by atoms with Gasteiger partial charge in [-0.25, -0.2) is 13.6 Å². The zero-order valence-corrected chi connectivity index (χ0v) is 36.6. The molecule has 3 heterocycles. The van der Waals surface area contributed by atoms with Crippen molar-refractivity contribution in [3.8, 4) is 11.8 Å². The molecule has 1 unspecified atom stereocenters. The Morgan fingerprint density at radius 3 is 2.37 bits per heavy atom. The number of likely N-dealkylation sites (tertiary alicyclic amines) is 1. The fourth-order valence-corrected chi connectivity index (χ4v) is 8.01. The number of carbonyl (C=O) groups excluding carboxylic acids is 3. The van der Waals surface area contributed by atoms with Crippen LogP contribution in [0, 0.1) is 11.3 Å². The molecule has 3 aromatic rings. The number of rotatable bonds is 16. The number of anilines is 1. The molecule has 18 nitrogen and oxygen atoms in total. The van der Waals surface area contributed by atoms with Gasteiger partial charge in [0.15, 0.2) is 5.75 Å². The largest absolute Gasteiger partial charge is 0.488 e. The Labute approximate surface area is 363 Å². The Hall–Kier alpha value is -5.70. The average Bonchev–Trinajstić information content (AvgIpc) is 3.52. The summed E-state index contributed by atoms with van der Waals surface area (Å²) in [7, 11) is -8.21. The molecule has 0 spiro atoms. The smallest absolute Gasteiger partial charge is 0.444 e. The van der Waals surface area contributed by atoms with Gasteiger partial charge in [-0.1, -0.05) is 22.6 Å². The van der Waals surface area contributed by atoms with Gasteiger partial charge >= 0.3 is 16.6 Å². The zero-order chi connectivity index (χ0) is 46.5. The molecule has 0 radical (unpaired) electrons. The lowest BCUT2D eigenvalue weighted by molar-refractivity contribution is -0.135. The number of hydrogen-bond acceptors (Lipinski definition) is 14. The van der Waals surface area contributed by atoms with Crippen LogP contribution in [0.4, 0.5) is 23.1 Å². The van der Waals surface area contributed by atoms with Gasteiger partial charge in [0.25, 0.3) is 16.0 Å². The summed E-state index contributed by atoms with van der Waals surface area (Å²) in [5.74, 6) is -4.76. The van der Waals surface area contributed by atoms with Crippen LogP contribution in [0.2, 0.25) is 0 Å². The Kier molecular flexibility index (Phi) is 14.9. The summed E-state index contributed by atoms with van der Waals surface area (Å²) in [5, 5.41) is 15.0. The molecule has 0 aliphatic carbocycles. The van der Waals surface area contributed by atoms with Gasteiger partial charge in [0.1, 0.15) is 23.2 Å². The number of hydrogen-bond donors (Lipinski definition) is 3. The topological polar surface area (TPSA) is 232 Å². The number of halogens is 3. The predicted molar refractivity (Wildman–Crippen MR) is 224 cm³/mol.